The smallest absolute Gasteiger partial charge is 0.191 e. The van der Waals surface area contributed by atoms with Crippen molar-refractivity contribution in [2.45, 2.75) is 25.7 Å². The highest BCUT2D eigenvalue weighted by molar-refractivity contribution is 5.79. The Bertz CT molecular complexity index is 695. The molecule has 1 saturated heterocycles. The van der Waals surface area contributed by atoms with E-state index in [1.807, 2.05) is 18.2 Å². The third-order valence-electron chi connectivity index (χ3n) is 5.19. The summed E-state index contributed by atoms with van der Waals surface area (Å²) in [6, 6.07) is 14.3. The first-order valence-corrected chi connectivity index (χ1v) is 10.1. The minimum Gasteiger partial charge on any atom is -0.469 e. The van der Waals surface area contributed by atoms with Gasteiger partial charge in [-0.3, -0.25) is 4.99 Å². The predicted octanol–water partition coefficient (Wildman–Crippen LogP) is 2.39. The molecular weight excluding hydrogens is 354 g/mol. The molecule has 1 aliphatic rings. The fraction of sp³-hybridized carbons (Fsp3) is 0.500. The molecule has 3 N–H and O–H groups in total. The first-order valence-electron chi connectivity index (χ1n) is 10.1. The van der Waals surface area contributed by atoms with Crippen LogP contribution >= 0.6 is 0 Å². The molecule has 1 fully saturated rings. The van der Waals surface area contributed by atoms with Crippen molar-refractivity contribution in [2.24, 2.45) is 10.4 Å². The number of aliphatic imine (C=N–C) groups is 1. The number of hydrogen-bond acceptors (Lipinski definition) is 4. The van der Waals surface area contributed by atoms with Crippen molar-refractivity contribution in [3.05, 3.63) is 60.1 Å². The predicted molar refractivity (Wildman–Crippen MR) is 110 cm³/mol. The molecule has 0 spiro atoms. The summed E-state index contributed by atoms with van der Waals surface area (Å²) < 4.78 is 11.0. The van der Waals surface area contributed by atoms with Gasteiger partial charge in [-0.05, 0) is 37.0 Å². The normalized spacial score (nSPS) is 19.7. The molecule has 1 aromatic heterocycles. The van der Waals surface area contributed by atoms with Gasteiger partial charge in [-0.2, -0.15) is 0 Å². The number of rotatable bonds is 10. The Morgan fingerprint density at radius 3 is 2.57 bits per heavy atom. The highest BCUT2D eigenvalue weighted by Crippen LogP contribution is 2.32. The minimum atomic E-state index is -0.0518. The van der Waals surface area contributed by atoms with Crippen molar-refractivity contribution in [1.29, 1.82) is 0 Å². The highest BCUT2D eigenvalue weighted by Gasteiger charge is 2.34. The molecule has 0 bridgehead atoms. The quantitative estimate of drug-likeness (QED) is 0.432. The molecule has 152 valence electrons. The Labute approximate surface area is 167 Å². The van der Waals surface area contributed by atoms with E-state index in [4.69, 9.17) is 14.1 Å². The molecule has 1 aliphatic heterocycles. The summed E-state index contributed by atoms with van der Waals surface area (Å²) in [5.41, 5.74) is 1.25. The molecule has 0 radical (unpaired) electrons. The zero-order chi connectivity index (χ0) is 19.5. The second kappa shape index (κ2) is 10.9. The summed E-state index contributed by atoms with van der Waals surface area (Å²) >= 11 is 0. The number of ether oxygens (including phenoxy) is 1. The molecule has 6 heteroatoms. The lowest BCUT2D eigenvalue weighted by atomic mass is 9.84. The van der Waals surface area contributed by atoms with Gasteiger partial charge in [0, 0.05) is 38.1 Å². The Hall–Kier alpha value is -2.31. The van der Waals surface area contributed by atoms with Crippen molar-refractivity contribution >= 4 is 5.96 Å². The number of furan rings is 1. The van der Waals surface area contributed by atoms with Crippen LogP contribution in [0.5, 0.6) is 0 Å². The van der Waals surface area contributed by atoms with Gasteiger partial charge in [0.05, 0.1) is 19.4 Å². The Balaban J connectivity index is 1.55. The number of aliphatic hydroxyl groups is 1. The maximum Gasteiger partial charge on any atom is 0.191 e. The van der Waals surface area contributed by atoms with E-state index in [-0.39, 0.29) is 12.0 Å². The van der Waals surface area contributed by atoms with Crippen LogP contribution in [-0.2, 0) is 17.6 Å². The van der Waals surface area contributed by atoms with Crippen LogP contribution in [0.3, 0.4) is 0 Å². The Morgan fingerprint density at radius 1 is 1.07 bits per heavy atom. The van der Waals surface area contributed by atoms with Gasteiger partial charge in [0.15, 0.2) is 5.96 Å². The molecule has 1 aromatic carbocycles. The van der Waals surface area contributed by atoms with Crippen LogP contribution in [0.4, 0.5) is 0 Å². The van der Waals surface area contributed by atoms with Crippen LogP contribution in [0, 0.1) is 5.41 Å². The number of nitrogens with zero attached hydrogens (tertiary/aromatic N) is 1. The van der Waals surface area contributed by atoms with Crippen molar-refractivity contribution in [1.82, 2.24) is 10.6 Å². The number of aliphatic hydroxyl groups excluding tert-OH is 1. The van der Waals surface area contributed by atoms with Gasteiger partial charge >= 0.3 is 0 Å². The highest BCUT2D eigenvalue weighted by atomic mass is 16.5. The molecule has 0 aliphatic carbocycles. The summed E-state index contributed by atoms with van der Waals surface area (Å²) in [6.07, 6.45) is 5.10. The standard InChI is InChI=1S/C22H31N3O3/c26-14-10-22(11-16-27-18-22)17-25-21(24-13-9-20-7-4-15-28-20)23-12-8-19-5-2-1-3-6-19/h1-7,15,26H,8-14,16-18H2,(H2,23,24,25). The fourth-order valence-corrected chi connectivity index (χ4v) is 3.44. The van der Waals surface area contributed by atoms with E-state index in [2.05, 4.69) is 34.9 Å². The third kappa shape index (κ3) is 6.39. The van der Waals surface area contributed by atoms with Gasteiger partial charge in [-0.1, -0.05) is 30.3 Å². The maximum atomic E-state index is 9.43. The average Bonchev–Trinajstić information content (AvgIpc) is 3.39. The average molecular weight is 386 g/mol. The largest absolute Gasteiger partial charge is 0.469 e. The third-order valence-corrected chi connectivity index (χ3v) is 5.19. The van der Waals surface area contributed by atoms with Gasteiger partial charge in [0.2, 0.25) is 0 Å². The molecule has 1 atom stereocenters. The van der Waals surface area contributed by atoms with E-state index in [9.17, 15) is 5.11 Å². The summed E-state index contributed by atoms with van der Waals surface area (Å²) in [5, 5.41) is 16.3. The van der Waals surface area contributed by atoms with Gasteiger partial charge in [-0.15, -0.1) is 0 Å². The van der Waals surface area contributed by atoms with Crippen molar-refractivity contribution in [2.75, 3.05) is 39.5 Å². The molecule has 2 aromatic rings. The molecule has 0 saturated carbocycles. The first-order chi connectivity index (χ1) is 13.8. The SMILES string of the molecule is OCCC1(CN=C(NCCc2ccccc2)NCCc2ccco2)CCOC1. The van der Waals surface area contributed by atoms with E-state index in [0.29, 0.717) is 13.2 Å². The summed E-state index contributed by atoms with van der Waals surface area (Å²) in [7, 11) is 0. The fourth-order valence-electron chi connectivity index (χ4n) is 3.44. The van der Waals surface area contributed by atoms with Crippen molar-refractivity contribution in [3.8, 4) is 0 Å². The Kier molecular flexibility index (Phi) is 7.94. The molecule has 2 heterocycles. The summed E-state index contributed by atoms with van der Waals surface area (Å²) in [4.78, 5) is 4.82. The monoisotopic (exact) mass is 385 g/mol. The molecule has 3 rings (SSSR count). The van der Waals surface area contributed by atoms with Crippen molar-refractivity contribution in [3.63, 3.8) is 0 Å². The van der Waals surface area contributed by atoms with Crippen molar-refractivity contribution < 1.29 is 14.3 Å². The topological polar surface area (TPSA) is 79.0 Å². The molecule has 1 unspecified atom stereocenters. The second-order valence-electron chi connectivity index (χ2n) is 7.36. The number of guanidine groups is 1. The molecule has 28 heavy (non-hydrogen) atoms. The maximum absolute atomic E-state index is 9.43. The zero-order valence-electron chi connectivity index (χ0n) is 16.4. The number of benzene rings is 1. The zero-order valence-corrected chi connectivity index (χ0v) is 16.4. The van der Waals surface area contributed by atoms with Crippen LogP contribution < -0.4 is 10.6 Å². The lowest BCUT2D eigenvalue weighted by Crippen LogP contribution is -2.40. The van der Waals surface area contributed by atoms with E-state index in [0.717, 1.165) is 57.1 Å². The van der Waals surface area contributed by atoms with Gasteiger partial charge in [0.1, 0.15) is 5.76 Å². The minimum absolute atomic E-state index is 0.0518. The van der Waals surface area contributed by atoms with Crippen LogP contribution in [-0.4, -0.2) is 50.5 Å². The van der Waals surface area contributed by atoms with E-state index in [1.54, 1.807) is 6.26 Å². The van der Waals surface area contributed by atoms with Crippen LogP contribution in [0.15, 0.2) is 58.1 Å². The lowest BCUT2D eigenvalue weighted by Gasteiger charge is -2.25. The summed E-state index contributed by atoms with van der Waals surface area (Å²) in [6.45, 7) is 3.78. The lowest BCUT2D eigenvalue weighted by molar-refractivity contribution is 0.131. The van der Waals surface area contributed by atoms with E-state index in [1.165, 1.54) is 5.56 Å². The second-order valence-corrected chi connectivity index (χ2v) is 7.36. The number of nitrogens with one attached hydrogen (secondary N) is 2. The van der Waals surface area contributed by atoms with Gasteiger partial charge < -0.3 is 24.9 Å². The van der Waals surface area contributed by atoms with Gasteiger partial charge in [0.25, 0.3) is 0 Å². The van der Waals surface area contributed by atoms with Crippen LogP contribution in [0.2, 0.25) is 0 Å². The molecule has 0 amide bonds. The first kappa shape index (κ1) is 20.4. The summed E-state index contributed by atoms with van der Waals surface area (Å²) in [5.74, 6) is 1.75. The molecular formula is C22H31N3O3. The van der Waals surface area contributed by atoms with E-state index >= 15 is 0 Å². The van der Waals surface area contributed by atoms with Gasteiger partial charge in [-0.25, -0.2) is 0 Å². The van der Waals surface area contributed by atoms with Crippen LogP contribution in [0.1, 0.15) is 24.2 Å². The van der Waals surface area contributed by atoms with E-state index < -0.39 is 0 Å². The number of hydrogen-bond donors (Lipinski definition) is 3. The Morgan fingerprint density at radius 2 is 1.89 bits per heavy atom. The molecule has 6 nitrogen and oxygen atoms in total. The van der Waals surface area contributed by atoms with Crippen LogP contribution in [0.25, 0.3) is 0 Å².